The second-order valence-corrected chi connectivity index (χ2v) is 13.3. The highest BCUT2D eigenvalue weighted by molar-refractivity contribution is 6.53. The summed E-state index contributed by atoms with van der Waals surface area (Å²) in [5, 5.41) is 56.5. The fourth-order valence-corrected chi connectivity index (χ4v) is 5.64. The Kier molecular flexibility index (Phi) is 13.7. The molecule has 0 fully saturated rings. The highest BCUT2D eigenvalue weighted by Crippen LogP contribution is 2.37. The first-order valence-electron chi connectivity index (χ1n) is 16.7. The minimum absolute atomic E-state index is 0.0427. The van der Waals surface area contributed by atoms with E-state index in [4.69, 9.17) is 0 Å². The molecule has 1 amide bonds. The van der Waals surface area contributed by atoms with Crippen LogP contribution >= 0.6 is 0 Å². The Morgan fingerprint density at radius 2 is 1.37 bits per heavy atom. The van der Waals surface area contributed by atoms with Gasteiger partial charge >= 0.3 is 0 Å². The molecule has 1 aliphatic carbocycles. The van der Waals surface area contributed by atoms with Crippen molar-refractivity contribution in [2.45, 2.75) is 79.6 Å². The second-order valence-electron chi connectivity index (χ2n) is 13.3. The van der Waals surface area contributed by atoms with Crippen molar-refractivity contribution < 1.29 is 49.5 Å². The van der Waals surface area contributed by atoms with E-state index in [1.165, 1.54) is 51.1 Å². The number of amides is 1. The zero-order valence-electron chi connectivity index (χ0n) is 29.9. The van der Waals surface area contributed by atoms with Crippen molar-refractivity contribution in [2.75, 3.05) is 0 Å². The van der Waals surface area contributed by atoms with E-state index in [1.807, 2.05) is 0 Å². The number of rotatable bonds is 0. The molecular weight excluding hydrogens is 654 g/mol. The van der Waals surface area contributed by atoms with E-state index in [0.29, 0.717) is 5.57 Å². The van der Waals surface area contributed by atoms with E-state index in [-0.39, 0.29) is 40.9 Å². The van der Waals surface area contributed by atoms with Crippen LogP contribution in [0.2, 0.25) is 0 Å². The van der Waals surface area contributed by atoms with E-state index in [0.717, 1.165) is 0 Å². The van der Waals surface area contributed by atoms with Crippen LogP contribution in [0.15, 0.2) is 83.2 Å². The molecule has 1 aromatic rings. The van der Waals surface area contributed by atoms with Gasteiger partial charge in [-0.05, 0) is 56.9 Å². The number of nitrogens with one attached hydrogen (secondary N) is 1. The molecule has 6 N–H and O–H groups in total. The van der Waals surface area contributed by atoms with Crippen LogP contribution in [0.3, 0.4) is 0 Å². The molecule has 0 aromatic heterocycles. The van der Waals surface area contributed by atoms with E-state index in [1.54, 1.807) is 58.1 Å². The lowest BCUT2D eigenvalue weighted by molar-refractivity contribution is -0.119. The minimum atomic E-state index is -1.29. The molecule has 4 rings (SSSR count). The standard InChI is InChI=1S/C40H47NO10/c1-20-11-9-8-10-12-23(4)40(51)41-33-37(48)28-18-26(7)36(47)32(31(28)38(49)39(33)50)35(46)25(6)17-24(5)34(45)22(3)14-16-27(42)15-13-21(2)30(44)19-29(20)43/h8-14,16-18,20,22,24,27,29,34,42-43,45,47-48H,15,19H2,1-7H3,(H,41,51). The van der Waals surface area contributed by atoms with Gasteiger partial charge in [0, 0.05) is 35.3 Å². The number of ketones is 4. The van der Waals surface area contributed by atoms with E-state index in [2.05, 4.69) is 5.32 Å². The molecule has 6 atom stereocenters. The number of aliphatic hydroxyl groups is 4. The predicted molar refractivity (Wildman–Crippen MR) is 193 cm³/mol. The predicted octanol–water partition coefficient (Wildman–Crippen LogP) is 4.85. The van der Waals surface area contributed by atoms with Crippen molar-refractivity contribution in [1.82, 2.24) is 5.32 Å². The highest BCUT2D eigenvalue weighted by atomic mass is 16.3. The Balaban J connectivity index is 2.10. The molecule has 0 radical (unpaired) electrons. The quantitative estimate of drug-likeness (QED) is 0.161. The Morgan fingerprint density at radius 3 is 2.04 bits per heavy atom. The van der Waals surface area contributed by atoms with Gasteiger partial charge in [0.15, 0.2) is 17.3 Å². The monoisotopic (exact) mass is 701 g/mol. The van der Waals surface area contributed by atoms with Crippen LogP contribution in [0.5, 0.6) is 5.75 Å². The molecule has 0 spiro atoms. The maximum atomic E-state index is 13.8. The fourth-order valence-electron chi connectivity index (χ4n) is 5.64. The third kappa shape index (κ3) is 9.63. The van der Waals surface area contributed by atoms with Crippen LogP contribution in [0, 0.1) is 24.7 Å². The summed E-state index contributed by atoms with van der Waals surface area (Å²) in [5.74, 6) is -7.21. The first-order chi connectivity index (χ1) is 23.9. The molecule has 2 aliphatic heterocycles. The number of allylic oxidation sites excluding steroid dienone is 7. The SMILES string of the molecule is CC1=CCC(O)C=CC(C)C(O)C(C)C=C(C)C(=O)c2c(O)c(C)cc3c2C(=O)C(=O)C(=C3O)NC(=O)C(C)=CC=CC=CC(C)C(O)CC1=O. The molecule has 0 saturated carbocycles. The van der Waals surface area contributed by atoms with Gasteiger partial charge in [-0.2, -0.15) is 0 Å². The normalized spacial score (nSPS) is 26.6. The van der Waals surface area contributed by atoms with E-state index < -0.39 is 87.7 Å². The number of Topliss-reactive ketones (excluding diaryl/α,β-unsaturated/α-hetero) is 4. The average molecular weight is 702 g/mol. The average Bonchev–Trinajstić information content (AvgIpc) is 3.09. The van der Waals surface area contributed by atoms with Crippen LogP contribution in [0.4, 0.5) is 0 Å². The number of phenolic OH excluding ortho intramolecular Hbond substituents is 1. The summed E-state index contributed by atoms with van der Waals surface area (Å²) in [6, 6.07) is 1.24. The molecular formula is C40H47NO10. The van der Waals surface area contributed by atoms with Crippen LogP contribution < -0.4 is 5.32 Å². The first-order valence-corrected chi connectivity index (χ1v) is 16.7. The van der Waals surface area contributed by atoms with Crippen molar-refractivity contribution in [1.29, 1.82) is 0 Å². The zero-order valence-corrected chi connectivity index (χ0v) is 29.9. The number of phenols is 1. The van der Waals surface area contributed by atoms with Crippen molar-refractivity contribution >= 4 is 34.8 Å². The third-order valence-corrected chi connectivity index (χ3v) is 9.14. The summed E-state index contributed by atoms with van der Waals surface area (Å²) in [7, 11) is 0. The molecule has 4 bridgehead atoms. The van der Waals surface area contributed by atoms with Crippen molar-refractivity contribution in [2.24, 2.45) is 17.8 Å². The number of hydrogen-bond donors (Lipinski definition) is 6. The Hall–Kier alpha value is -4.97. The summed E-state index contributed by atoms with van der Waals surface area (Å²) >= 11 is 0. The van der Waals surface area contributed by atoms with Gasteiger partial charge in [-0.25, -0.2) is 0 Å². The number of aryl methyl sites for hydroxylation is 1. The molecule has 6 unspecified atom stereocenters. The number of aliphatic hydroxyl groups excluding tert-OH is 4. The van der Waals surface area contributed by atoms with Gasteiger partial charge < -0.3 is 30.8 Å². The Morgan fingerprint density at radius 1 is 0.706 bits per heavy atom. The molecule has 51 heavy (non-hydrogen) atoms. The van der Waals surface area contributed by atoms with Crippen LogP contribution in [-0.4, -0.2) is 72.9 Å². The van der Waals surface area contributed by atoms with Crippen molar-refractivity contribution in [3.8, 4) is 5.75 Å². The molecule has 1 aromatic carbocycles. The van der Waals surface area contributed by atoms with Crippen molar-refractivity contribution in [3.05, 3.63) is 105 Å². The van der Waals surface area contributed by atoms with Crippen LogP contribution in [-0.2, 0) is 14.4 Å². The summed E-state index contributed by atoms with van der Waals surface area (Å²) in [5.41, 5.74) is -1.23. The van der Waals surface area contributed by atoms with Crippen LogP contribution in [0.25, 0.3) is 5.76 Å². The number of fused-ring (bicyclic) bond motifs is 18. The number of carbonyl (C=O) groups excluding carboxylic acids is 5. The summed E-state index contributed by atoms with van der Waals surface area (Å²) in [6.45, 7) is 11.0. The molecule has 0 saturated heterocycles. The highest BCUT2D eigenvalue weighted by Gasteiger charge is 2.39. The van der Waals surface area contributed by atoms with Gasteiger partial charge in [-0.3, -0.25) is 24.0 Å². The smallest absolute Gasteiger partial charge is 0.253 e. The second kappa shape index (κ2) is 17.3. The molecule has 3 aliphatic rings. The van der Waals surface area contributed by atoms with Gasteiger partial charge in [-0.1, -0.05) is 75.5 Å². The maximum Gasteiger partial charge on any atom is 0.253 e. The largest absolute Gasteiger partial charge is 0.507 e. The molecule has 2 heterocycles. The lowest BCUT2D eigenvalue weighted by Gasteiger charge is -2.23. The number of hydrogen-bond acceptors (Lipinski definition) is 10. The van der Waals surface area contributed by atoms with Gasteiger partial charge in [0.25, 0.3) is 11.7 Å². The number of benzene rings is 1. The number of carbonyl (C=O) groups is 5. The first kappa shape index (κ1) is 40.5. The fraction of sp³-hybridized carbons (Fsp3) is 0.375. The number of aromatic hydroxyl groups is 1. The lowest BCUT2D eigenvalue weighted by atomic mass is 9.82. The summed E-state index contributed by atoms with van der Waals surface area (Å²) in [6.07, 6.45) is 11.0. The third-order valence-electron chi connectivity index (χ3n) is 9.14. The maximum absolute atomic E-state index is 13.8. The Labute approximate surface area is 297 Å². The zero-order chi connectivity index (χ0) is 38.3. The molecule has 272 valence electrons. The summed E-state index contributed by atoms with van der Waals surface area (Å²) < 4.78 is 0. The van der Waals surface area contributed by atoms with Gasteiger partial charge in [0.2, 0.25) is 5.78 Å². The summed E-state index contributed by atoms with van der Waals surface area (Å²) in [4.78, 5) is 66.2. The topological polar surface area (TPSA) is 199 Å². The van der Waals surface area contributed by atoms with Crippen LogP contribution in [0.1, 0.15) is 86.2 Å². The molecule has 11 heteroatoms. The van der Waals surface area contributed by atoms with E-state index in [9.17, 15) is 49.5 Å². The van der Waals surface area contributed by atoms with Gasteiger partial charge in [-0.15, -0.1) is 0 Å². The minimum Gasteiger partial charge on any atom is -0.507 e. The van der Waals surface area contributed by atoms with Gasteiger partial charge in [0.05, 0.1) is 29.4 Å². The van der Waals surface area contributed by atoms with E-state index >= 15 is 0 Å². The van der Waals surface area contributed by atoms with Gasteiger partial charge in [0.1, 0.15) is 11.4 Å². The Bertz CT molecular complexity index is 1820. The lowest BCUT2D eigenvalue weighted by Crippen LogP contribution is -2.36. The molecule has 11 nitrogen and oxygen atoms in total. The van der Waals surface area contributed by atoms with Crippen molar-refractivity contribution in [3.63, 3.8) is 0 Å².